The van der Waals surface area contributed by atoms with Crippen molar-refractivity contribution in [2.45, 2.75) is 27.0 Å². The molecule has 0 saturated carbocycles. The van der Waals surface area contributed by atoms with Crippen LogP contribution in [0.2, 0.25) is 0 Å². The highest BCUT2D eigenvalue weighted by Gasteiger charge is 2.20. The number of aromatic nitrogens is 2. The van der Waals surface area contributed by atoms with Crippen LogP contribution in [0.15, 0.2) is 67.0 Å². The van der Waals surface area contributed by atoms with E-state index in [1.54, 1.807) is 18.2 Å². The van der Waals surface area contributed by atoms with Gasteiger partial charge in [-0.15, -0.1) is 0 Å². The third-order valence-electron chi connectivity index (χ3n) is 6.02. The number of rotatable bonds is 3. The first-order valence-corrected chi connectivity index (χ1v) is 10.2. The number of aryl methyl sites for hydroxylation is 2. The van der Waals surface area contributed by atoms with Crippen LogP contribution in [0.25, 0.3) is 16.6 Å². The monoisotopic (exact) mass is 410 g/mol. The quantitative estimate of drug-likeness (QED) is 0.493. The highest BCUT2D eigenvalue weighted by molar-refractivity contribution is 5.92. The van der Waals surface area contributed by atoms with Crippen LogP contribution in [-0.4, -0.2) is 20.6 Å². The van der Waals surface area contributed by atoms with Gasteiger partial charge in [-0.05, 0) is 65.9 Å². The summed E-state index contributed by atoms with van der Waals surface area (Å²) in [4.78, 5) is 16.2. The van der Waals surface area contributed by atoms with Gasteiger partial charge in [-0.25, -0.2) is 9.78 Å². The number of benzene rings is 3. The number of ether oxygens (including phenoxy) is 1. The molecule has 0 saturated heterocycles. The number of allylic oxidation sites excluding steroid dienone is 1. The molecule has 5 rings (SSSR count). The largest absolute Gasteiger partial charge is 0.488 e. The van der Waals surface area contributed by atoms with Crippen LogP contribution < -0.4 is 4.74 Å². The predicted molar refractivity (Wildman–Crippen MR) is 120 cm³/mol. The summed E-state index contributed by atoms with van der Waals surface area (Å²) < 4.78 is 8.14. The zero-order valence-electron chi connectivity index (χ0n) is 17.4. The maximum atomic E-state index is 11.6. The molecule has 154 valence electrons. The van der Waals surface area contributed by atoms with Crippen molar-refractivity contribution in [3.8, 4) is 5.75 Å². The average Bonchev–Trinajstić information content (AvgIpc) is 3.12. The van der Waals surface area contributed by atoms with Gasteiger partial charge >= 0.3 is 5.97 Å². The third-order valence-corrected chi connectivity index (χ3v) is 6.02. The van der Waals surface area contributed by atoms with Gasteiger partial charge in [0.1, 0.15) is 12.4 Å². The highest BCUT2D eigenvalue weighted by atomic mass is 16.5. The average molecular weight is 410 g/mol. The van der Waals surface area contributed by atoms with Crippen LogP contribution in [-0.2, 0) is 13.2 Å². The maximum Gasteiger partial charge on any atom is 0.335 e. The van der Waals surface area contributed by atoms with Gasteiger partial charge in [0.05, 0.1) is 22.9 Å². The lowest BCUT2D eigenvalue weighted by Gasteiger charge is -2.12. The Morgan fingerprint density at radius 1 is 1.13 bits per heavy atom. The molecule has 0 radical (unpaired) electrons. The number of carboxylic acid groups (broad SMARTS) is 1. The van der Waals surface area contributed by atoms with Gasteiger partial charge in [0, 0.05) is 12.1 Å². The minimum Gasteiger partial charge on any atom is -0.488 e. The van der Waals surface area contributed by atoms with E-state index in [-0.39, 0.29) is 5.56 Å². The Labute approximate surface area is 180 Å². The van der Waals surface area contributed by atoms with Gasteiger partial charge in [0.2, 0.25) is 0 Å². The van der Waals surface area contributed by atoms with Crippen LogP contribution in [0.1, 0.15) is 38.2 Å². The zero-order valence-corrected chi connectivity index (χ0v) is 17.4. The molecule has 0 spiro atoms. The molecule has 31 heavy (non-hydrogen) atoms. The summed E-state index contributed by atoms with van der Waals surface area (Å²) in [5, 5.41) is 9.51. The Kier molecular flexibility index (Phi) is 4.59. The fourth-order valence-electron chi connectivity index (χ4n) is 4.13. The van der Waals surface area contributed by atoms with Gasteiger partial charge in [-0.1, -0.05) is 36.4 Å². The van der Waals surface area contributed by atoms with Crippen LogP contribution in [0.5, 0.6) is 5.75 Å². The molecule has 0 atom stereocenters. The summed E-state index contributed by atoms with van der Waals surface area (Å²) >= 11 is 0. The Bertz CT molecular complexity index is 1360. The van der Waals surface area contributed by atoms with Crippen LogP contribution in [0, 0.1) is 13.8 Å². The fourth-order valence-corrected chi connectivity index (χ4v) is 4.13. The molecule has 1 aromatic heterocycles. The summed E-state index contributed by atoms with van der Waals surface area (Å²) in [6.07, 6.45) is 4.00. The second-order valence-corrected chi connectivity index (χ2v) is 7.85. The molecule has 0 bridgehead atoms. The number of nitrogens with zero attached hydrogens (tertiary/aromatic N) is 2. The predicted octanol–water partition coefficient (Wildman–Crippen LogP) is 5.38. The molecule has 4 aromatic rings. The lowest BCUT2D eigenvalue weighted by atomic mass is 9.93. The van der Waals surface area contributed by atoms with Crippen molar-refractivity contribution in [2.75, 3.05) is 0 Å². The van der Waals surface area contributed by atoms with Crippen LogP contribution >= 0.6 is 0 Å². The van der Waals surface area contributed by atoms with Gasteiger partial charge in [0.15, 0.2) is 0 Å². The lowest BCUT2D eigenvalue weighted by molar-refractivity contribution is 0.0697. The standard InChI is InChI=1S/C26H22N2O3/c1-16-7-9-23-25(17(16)2)27-15-28(23)12-11-21-20-6-4-3-5-19(20)14-31-24-10-8-18(26(29)30)13-22(21)24/h3-11,13,15H,12,14H2,1-2H3,(H,29,30)/b21-11-. The fraction of sp³-hybridized carbons (Fsp3) is 0.154. The second-order valence-electron chi connectivity index (χ2n) is 7.85. The number of carboxylic acids is 1. The molecular weight excluding hydrogens is 388 g/mol. The molecular formula is C26H22N2O3. The van der Waals surface area contributed by atoms with E-state index in [1.165, 1.54) is 11.1 Å². The molecule has 1 aliphatic rings. The van der Waals surface area contributed by atoms with E-state index in [9.17, 15) is 9.90 Å². The molecule has 5 nitrogen and oxygen atoms in total. The van der Waals surface area contributed by atoms with E-state index in [4.69, 9.17) is 4.74 Å². The molecule has 5 heteroatoms. The second kappa shape index (κ2) is 7.43. The van der Waals surface area contributed by atoms with E-state index >= 15 is 0 Å². The first-order chi connectivity index (χ1) is 15.0. The zero-order chi connectivity index (χ0) is 21.5. The van der Waals surface area contributed by atoms with Crippen LogP contribution in [0.4, 0.5) is 0 Å². The third kappa shape index (κ3) is 3.28. The van der Waals surface area contributed by atoms with Crippen molar-refractivity contribution >= 4 is 22.6 Å². The number of hydrogen-bond donors (Lipinski definition) is 1. The summed E-state index contributed by atoms with van der Waals surface area (Å²) in [6.45, 7) is 5.24. The van der Waals surface area contributed by atoms with Crippen molar-refractivity contribution in [3.05, 3.63) is 100 Å². The highest BCUT2D eigenvalue weighted by Crippen LogP contribution is 2.37. The van der Waals surface area contributed by atoms with Crippen molar-refractivity contribution in [3.63, 3.8) is 0 Å². The van der Waals surface area contributed by atoms with Crippen molar-refractivity contribution in [1.82, 2.24) is 9.55 Å². The summed E-state index contributed by atoms with van der Waals surface area (Å²) in [6, 6.07) is 17.4. The van der Waals surface area contributed by atoms with Gasteiger partial charge in [-0.2, -0.15) is 0 Å². The molecule has 1 N–H and O–H groups in total. The van der Waals surface area contributed by atoms with Gasteiger partial charge in [0.25, 0.3) is 0 Å². The number of hydrogen-bond acceptors (Lipinski definition) is 3. The van der Waals surface area contributed by atoms with Gasteiger partial charge < -0.3 is 14.4 Å². The molecule has 0 amide bonds. The first-order valence-electron chi connectivity index (χ1n) is 10.2. The Morgan fingerprint density at radius 3 is 2.81 bits per heavy atom. The summed E-state index contributed by atoms with van der Waals surface area (Å²) in [5.41, 5.74) is 8.64. The van der Waals surface area contributed by atoms with E-state index in [0.717, 1.165) is 33.3 Å². The molecule has 0 fully saturated rings. The normalized spacial score (nSPS) is 14.1. The lowest BCUT2D eigenvalue weighted by Crippen LogP contribution is -2.00. The van der Waals surface area contributed by atoms with Gasteiger partial charge in [-0.3, -0.25) is 0 Å². The topological polar surface area (TPSA) is 64.4 Å². The van der Waals surface area contributed by atoms with Crippen LogP contribution in [0.3, 0.4) is 0 Å². The van der Waals surface area contributed by atoms with Crippen molar-refractivity contribution < 1.29 is 14.6 Å². The number of imidazole rings is 1. The Balaban J connectivity index is 1.66. The van der Waals surface area contributed by atoms with E-state index in [2.05, 4.69) is 47.7 Å². The molecule has 2 heterocycles. The van der Waals surface area contributed by atoms with Crippen molar-refractivity contribution in [2.24, 2.45) is 0 Å². The molecule has 3 aromatic carbocycles. The van der Waals surface area contributed by atoms with Crippen molar-refractivity contribution in [1.29, 1.82) is 0 Å². The first kappa shape index (κ1) is 19.1. The Hall–Kier alpha value is -3.86. The summed E-state index contributed by atoms with van der Waals surface area (Å²) in [5.74, 6) is -0.263. The molecule has 0 aliphatic carbocycles. The number of carbonyl (C=O) groups is 1. The van der Waals surface area contributed by atoms with E-state index < -0.39 is 5.97 Å². The van der Waals surface area contributed by atoms with E-state index in [0.29, 0.717) is 18.9 Å². The molecule has 1 aliphatic heterocycles. The number of fused-ring (bicyclic) bond motifs is 3. The summed E-state index contributed by atoms with van der Waals surface area (Å²) in [7, 11) is 0. The Morgan fingerprint density at radius 2 is 1.97 bits per heavy atom. The van der Waals surface area contributed by atoms with E-state index in [1.807, 2.05) is 24.5 Å². The smallest absolute Gasteiger partial charge is 0.335 e. The SMILES string of the molecule is Cc1ccc2c(ncn2C/C=C2/c3ccccc3COc3ccc(C(=O)O)cc32)c1C. The number of aromatic carboxylic acids is 1. The molecule has 0 unspecified atom stereocenters. The minimum atomic E-state index is -0.953. The maximum absolute atomic E-state index is 11.6. The minimum absolute atomic E-state index is 0.242.